The molecule has 22 heavy (non-hydrogen) atoms. The molecule has 0 saturated carbocycles. The largest absolute Gasteiger partial charge is 0.490 e. The molecule has 0 saturated heterocycles. The molecule has 2 aliphatic heterocycles. The molecule has 0 spiro atoms. The number of benzene rings is 1. The Bertz CT molecular complexity index is 742. The third-order valence-electron chi connectivity index (χ3n) is 2.91. The minimum absolute atomic E-state index is 0.138. The maximum atomic E-state index is 11.9. The van der Waals surface area contributed by atoms with Crippen LogP contribution in [0.1, 0.15) is 0 Å². The van der Waals surface area contributed by atoms with E-state index in [0.29, 0.717) is 16.5 Å². The highest BCUT2D eigenvalue weighted by Gasteiger charge is 2.10. The molecule has 0 fully saturated rings. The lowest BCUT2D eigenvalue weighted by Gasteiger charge is -2.09. The highest BCUT2D eigenvalue weighted by molar-refractivity contribution is 6.30. The first kappa shape index (κ1) is 14.3. The molecule has 0 radical (unpaired) electrons. The number of carbonyl (C=O) groups excluding carboxylic acids is 1. The highest BCUT2D eigenvalue weighted by atomic mass is 35.5. The van der Waals surface area contributed by atoms with Gasteiger partial charge in [0.15, 0.2) is 0 Å². The Balaban J connectivity index is 1.50. The minimum atomic E-state index is -0.496. The molecule has 0 atom stereocenters. The summed E-state index contributed by atoms with van der Waals surface area (Å²) in [5.41, 5.74) is 1.37. The summed E-state index contributed by atoms with van der Waals surface area (Å²) < 4.78 is 11.9. The molecule has 112 valence electrons. The van der Waals surface area contributed by atoms with Crippen LogP contribution in [0.5, 0.6) is 5.75 Å². The molecule has 0 bridgehead atoms. The van der Waals surface area contributed by atoms with E-state index >= 15 is 0 Å². The number of halogens is 1. The SMILES string of the molecule is O=C(OCCOc1ccc(Cl)cc1)n1ccc2ncnc-2c1. The number of hydrogen-bond donors (Lipinski definition) is 0. The smallest absolute Gasteiger partial charge is 0.418 e. The molecule has 0 N–H and O–H groups in total. The second kappa shape index (κ2) is 6.44. The Morgan fingerprint density at radius 2 is 1.86 bits per heavy atom. The zero-order chi connectivity index (χ0) is 15.4. The fourth-order valence-corrected chi connectivity index (χ4v) is 1.97. The van der Waals surface area contributed by atoms with Crippen molar-refractivity contribution in [1.82, 2.24) is 14.5 Å². The van der Waals surface area contributed by atoms with Gasteiger partial charge in [0.05, 0.1) is 5.69 Å². The second-order valence-electron chi connectivity index (χ2n) is 4.41. The number of fused-ring (bicyclic) bond motifs is 1. The molecule has 3 rings (SSSR count). The van der Waals surface area contributed by atoms with Crippen molar-refractivity contribution in [2.24, 2.45) is 0 Å². The molecular weight excluding hydrogens is 306 g/mol. The van der Waals surface area contributed by atoms with Crippen molar-refractivity contribution in [2.75, 3.05) is 13.2 Å². The van der Waals surface area contributed by atoms with Crippen molar-refractivity contribution in [2.45, 2.75) is 0 Å². The summed E-state index contributed by atoms with van der Waals surface area (Å²) >= 11 is 5.78. The second-order valence-corrected chi connectivity index (χ2v) is 4.85. The Morgan fingerprint density at radius 3 is 2.68 bits per heavy atom. The molecule has 2 aliphatic rings. The number of hydrogen-bond acceptors (Lipinski definition) is 5. The Morgan fingerprint density at radius 1 is 1.09 bits per heavy atom. The van der Waals surface area contributed by atoms with Crippen LogP contribution in [0.2, 0.25) is 5.02 Å². The van der Waals surface area contributed by atoms with Crippen LogP contribution in [0.4, 0.5) is 4.79 Å². The lowest BCUT2D eigenvalue weighted by molar-refractivity contribution is 0.126. The lowest BCUT2D eigenvalue weighted by atomic mass is 10.3. The number of pyridine rings is 1. The Kier molecular flexibility index (Phi) is 4.20. The van der Waals surface area contributed by atoms with Crippen LogP contribution in [-0.4, -0.2) is 33.8 Å². The normalized spacial score (nSPS) is 10.6. The molecule has 0 unspecified atom stereocenters. The number of imidazole rings is 1. The summed E-state index contributed by atoms with van der Waals surface area (Å²) in [6.45, 7) is 0.394. The summed E-state index contributed by atoms with van der Waals surface area (Å²) in [4.78, 5) is 19.9. The highest BCUT2D eigenvalue weighted by Crippen LogP contribution is 2.16. The van der Waals surface area contributed by atoms with Gasteiger partial charge in [-0.15, -0.1) is 0 Å². The van der Waals surface area contributed by atoms with E-state index in [1.54, 1.807) is 42.7 Å². The van der Waals surface area contributed by atoms with Crippen LogP contribution < -0.4 is 4.74 Å². The van der Waals surface area contributed by atoms with E-state index in [2.05, 4.69) is 9.97 Å². The van der Waals surface area contributed by atoms with Gasteiger partial charge >= 0.3 is 6.09 Å². The number of carbonyl (C=O) groups is 1. The number of nitrogens with zero attached hydrogens (tertiary/aromatic N) is 3. The predicted molar refractivity (Wildman–Crippen MR) is 80.3 cm³/mol. The molecular formula is C15H12ClN3O3. The van der Waals surface area contributed by atoms with Crippen LogP contribution >= 0.6 is 11.6 Å². The maximum absolute atomic E-state index is 11.9. The topological polar surface area (TPSA) is 66.2 Å². The standard InChI is InChI=1S/C15H12ClN3O3/c16-11-1-3-12(4-2-11)21-7-8-22-15(20)19-6-5-13-14(9-19)18-10-17-13/h1-6,9-10H,7-8H2. The monoisotopic (exact) mass is 317 g/mol. The average molecular weight is 318 g/mol. The van der Waals surface area contributed by atoms with Crippen LogP contribution in [0.3, 0.4) is 0 Å². The van der Waals surface area contributed by atoms with Gasteiger partial charge < -0.3 is 9.47 Å². The van der Waals surface area contributed by atoms with E-state index in [0.717, 1.165) is 5.69 Å². The summed E-state index contributed by atoms with van der Waals surface area (Å²) in [5, 5.41) is 0.640. The third kappa shape index (κ3) is 3.35. The summed E-state index contributed by atoms with van der Waals surface area (Å²) in [5.74, 6) is 0.668. The van der Waals surface area contributed by atoms with Crippen molar-refractivity contribution in [3.05, 3.63) is 54.1 Å². The van der Waals surface area contributed by atoms with E-state index < -0.39 is 6.09 Å². The van der Waals surface area contributed by atoms with Gasteiger partial charge in [-0.2, -0.15) is 0 Å². The summed E-state index contributed by atoms with van der Waals surface area (Å²) in [6, 6.07) is 8.67. The van der Waals surface area contributed by atoms with Gasteiger partial charge in [0.2, 0.25) is 0 Å². The summed E-state index contributed by atoms with van der Waals surface area (Å²) in [7, 11) is 0. The first-order valence-electron chi connectivity index (χ1n) is 6.56. The third-order valence-corrected chi connectivity index (χ3v) is 3.16. The molecule has 0 aliphatic carbocycles. The average Bonchev–Trinajstić information content (AvgIpc) is 3.00. The van der Waals surface area contributed by atoms with Crippen molar-refractivity contribution in [1.29, 1.82) is 0 Å². The van der Waals surface area contributed by atoms with Crippen molar-refractivity contribution >= 4 is 17.7 Å². The van der Waals surface area contributed by atoms with E-state index in [1.807, 2.05) is 0 Å². The van der Waals surface area contributed by atoms with Crippen LogP contribution in [0.25, 0.3) is 11.4 Å². The van der Waals surface area contributed by atoms with Gasteiger partial charge in [-0.05, 0) is 30.3 Å². The van der Waals surface area contributed by atoms with Crippen molar-refractivity contribution < 1.29 is 14.3 Å². The van der Waals surface area contributed by atoms with Gasteiger partial charge in [-0.3, -0.25) is 4.57 Å². The van der Waals surface area contributed by atoms with Crippen molar-refractivity contribution in [3.63, 3.8) is 0 Å². The first-order valence-corrected chi connectivity index (χ1v) is 6.94. The van der Waals surface area contributed by atoms with Gasteiger partial charge in [-0.1, -0.05) is 11.6 Å². The Labute approximate surface area is 131 Å². The number of rotatable bonds is 4. The number of aromatic nitrogens is 3. The zero-order valence-corrected chi connectivity index (χ0v) is 12.2. The first-order chi connectivity index (χ1) is 10.7. The van der Waals surface area contributed by atoms with E-state index in [4.69, 9.17) is 21.1 Å². The molecule has 1 aromatic rings. The van der Waals surface area contributed by atoms with Crippen LogP contribution in [0.15, 0.2) is 49.1 Å². The van der Waals surface area contributed by atoms with Crippen molar-refractivity contribution in [3.8, 4) is 17.1 Å². The fraction of sp³-hybridized carbons (Fsp3) is 0.133. The quantitative estimate of drug-likeness (QED) is 0.692. The molecule has 2 heterocycles. The minimum Gasteiger partial charge on any atom is -0.490 e. The number of ether oxygens (including phenoxy) is 2. The van der Waals surface area contributed by atoms with E-state index in [-0.39, 0.29) is 13.2 Å². The molecule has 7 heteroatoms. The Hall–Kier alpha value is -2.60. The van der Waals surface area contributed by atoms with E-state index in [9.17, 15) is 4.79 Å². The fourth-order valence-electron chi connectivity index (χ4n) is 1.85. The predicted octanol–water partition coefficient (Wildman–Crippen LogP) is 3.10. The molecule has 0 aromatic heterocycles. The van der Waals surface area contributed by atoms with Gasteiger partial charge in [0.1, 0.15) is 31.0 Å². The van der Waals surface area contributed by atoms with Gasteiger partial charge in [0, 0.05) is 17.4 Å². The zero-order valence-electron chi connectivity index (χ0n) is 11.5. The lowest BCUT2D eigenvalue weighted by Crippen LogP contribution is -2.17. The van der Waals surface area contributed by atoms with E-state index in [1.165, 1.54) is 10.9 Å². The van der Waals surface area contributed by atoms with Crippen LogP contribution in [0, 0.1) is 0 Å². The molecule has 6 nitrogen and oxygen atoms in total. The van der Waals surface area contributed by atoms with Gasteiger partial charge in [-0.25, -0.2) is 14.8 Å². The van der Waals surface area contributed by atoms with Crippen LogP contribution in [-0.2, 0) is 4.74 Å². The summed E-state index contributed by atoms with van der Waals surface area (Å²) in [6.07, 6.45) is 4.11. The molecule has 1 aromatic carbocycles. The maximum Gasteiger partial charge on any atom is 0.418 e. The van der Waals surface area contributed by atoms with Gasteiger partial charge in [0.25, 0.3) is 0 Å². The molecule has 0 amide bonds.